The Kier molecular flexibility index (Phi) is 4.86. The van der Waals surface area contributed by atoms with Gasteiger partial charge in [0.25, 0.3) is 0 Å². The summed E-state index contributed by atoms with van der Waals surface area (Å²) in [6, 6.07) is 8.27. The third kappa shape index (κ3) is 3.58. The first kappa shape index (κ1) is 19.5. The summed E-state index contributed by atoms with van der Waals surface area (Å²) >= 11 is 0. The smallest absolute Gasteiger partial charge is 0.247 e. The number of carbonyl (C=O) groups excluding carboxylic acids is 1. The second-order valence-electron chi connectivity index (χ2n) is 6.98. The molecular weight excluding hydrogens is 413 g/mol. The summed E-state index contributed by atoms with van der Waals surface area (Å²) in [4.78, 5) is 37.2. The molecule has 1 aromatic carbocycles. The summed E-state index contributed by atoms with van der Waals surface area (Å²) in [5.74, 6) is -0.676. The fraction of sp³-hybridized carbons (Fsp3) is 0.0909. The van der Waals surface area contributed by atoms with Gasteiger partial charge in [0.15, 0.2) is 17.3 Å². The quantitative estimate of drug-likeness (QED) is 0.391. The third-order valence-corrected chi connectivity index (χ3v) is 4.94. The number of aryl methyl sites for hydroxylation is 1. The number of oxazole rings is 1. The number of nitrogens with zero attached hydrogens (tertiary/aromatic N) is 5. The van der Waals surface area contributed by atoms with E-state index in [2.05, 4.69) is 29.9 Å². The van der Waals surface area contributed by atoms with Crippen molar-refractivity contribution in [3.63, 3.8) is 0 Å². The number of pyridine rings is 1. The average Bonchev–Trinajstić information content (AvgIpc) is 3.50. The number of rotatable bonds is 6. The third-order valence-electron chi connectivity index (χ3n) is 4.94. The minimum Gasteiger partial charge on any atom is -0.443 e. The molecule has 158 valence electrons. The standard InChI is InChI=1S/C22H16FN7O2/c23-13-2-1-7-25-14(13)5-6-17(31)19-21(24)30-20(22-26-8-9-32-22)18(29-19)12-3-4-15-16(10-12)28-11-27-15/h1-4,7-11H,5-6H2,(H2,24,30)(H,27,28). The molecule has 0 bridgehead atoms. The van der Waals surface area contributed by atoms with E-state index < -0.39 is 5.82 Å². The minimum atomic E-state index is -0.466. The largest absolute Gasteiger partial charge is 0.443 e. The molecule has 5 aromatic rings. The summed E-state index contributed by atoms with van der Waals surface area (Å²) in [6.45, 7) is 0. The number of ketones is 1. The summed E-state index contributed by atoms with van der Waals surface area (Å²) < 4.78 is 19.3. The highest BCUT2D eigenvalue weighted by Gasteiger charge is 2.22. The van der Waals surface area contributed by atoms with Crippen LogP contribution in [0.1, 0.15) is 22.6 Å². The lowest BCUT2D eigenvalue weighted by Crippen LogP contribution is -2.12. The van der Waals surface area contributed by atoms with Crippen LogP contribution in [0, 0.1) is 5.82 Å². The molecule has 0 aliphatic heterocycles. The van der Waals surface area contributed by atoms with Gasteiger partial charge in [0.05, 0.1) is 29.3 Å². The van der Waals surface area contributed by atoms with Gasteiger partial charge in [-0.2, -0.15) is 0 Å². The molecule has 0 unspecified atom stereocenters. The number of carbonyl (C=O) groups is 1. The molecule has 0 amide bonds. The van der Waals surface area contributed by atoms with Gasteiger partial charge in [0, 0.05) is 18.2 Å². The summed E-state index contributed by atoms with van der Waals surface area (Å²) in [5, 5.41) is 0. The maximum absolute atomic E-state index is 13.9. The van der Waals surface area contributed by atoms with Gasteiger partial charge >= 0.3 is 0 Å². The van der Waals surface area contributed by atoms with Crippen LogP contribution in [0.25, 0.3) is 33.9 Å². The molecule has 3 N–H and O–H groups in total. The number of hydrogen-bond donors (Lipinski definition) is 2. The van der Waals surface area contributed by atoms with Crippen molar-refractivity contribution in [1.82, 2.24) is 29.9 Å². The van der Waals surface area contributed by atoms with E-state index in [1.807, 2.05) is 18.2 Å². The highest BCUT2D eigenvalue weighted by molar-refractivity contribution is 5.99. The number of fused-ring (bicyclic) bond motifs is 1. The summed E-state index contributed by atoms with van der Waals surface area (Å²) in [5.41, 5.74) is 9.21. The van der Waals surface area contributed by atoms with Crippen LogP contribution in [-0.4, -0.2) is 35.7 Å². The zero-order valence-corrected chi connectivity index (χ0v) is 16.6. The van der Waals surface area contributed by atoms with Crippen molar-refractivity contribution in [3.05, 3.63) is 72.5 Å². The molecule has 0 atom stereocenters. The molecule has 0 fully saturated rings. The number of hydrogen-bond acceptors (Lipinski definition) is 8. The number of halogens is 1. The summed E-state index contributed by atoms with van der Waals surface area (Å²) in [7, 11) is 0. The number of nitrogens with one attached hydrogen (secondary N) is 1. The Morgan fingerprint density at radius 1 is 1.09 bits per heavy atom. The van der Waals surface area contributed by atoms with Gasteiger partial charge in [-0.3, -0.25) is 9.78 Å². The molecule has 0 saturated heterocycles. The van der Waals surface area contributed by atoms with Gasteiger partial charge in [-0.25, -0.2) is 24.3 Å². The molecule has 0 spiro atoms. The van der Waals surface area contributed by atoms with E-state index in [4.69, 9.17) is 10.2 Å². The normalized spacial score (nSPS) is 11.2. The van der Waals surface area contributed by atoms with Crippen LogP contribution in [0.5, 0.6) is 0 Å². The van der Waals surface area contributed by atoms with Gasteiger partial charge < -0.3 is 15.1 Å². The first-order chi connectivity index (χ1) is 15.6. The van der Waals surface area contributed by atoms with Crippen LogP contribution in [0.15, 0.2) is 59.7 Å². The Balaban J connectivity index is 1.56. The highest BCUT2D eigenvalue weighted by atomic mass is 19.1. The van der Waals surface area contributed by atoms with E-state index >= 15 is 0 Å². The molecule has 32 heavy (non-hydrogen) atoms. The predicted octanol–water partition coefficient (Wildman–Crippen LogP) is 3.61. The Morgan fingerprint density at radius 3 is 2.81 bits per heavy atom. The molecular formula is C22H16FN7O2. The van der Waals surface area contributed by atoms with Gasteiger partial charge in [0.1, 0.15) is 23.5 Å². The zero-order valence-electron chi connectivity index (χ0n) is 16.6. The number of anilines is 1. The Bertz CT molecular complexity index is 1430. The number of nitrogens with two attached hydrogens (primary N) is 1. The number of H-pyrrole nitrogens is 1. The lowest BCUT2D eigenvalue weighted by Gasteiger charge is -2.11. The molecule has 0 aliphatic carbocycles. The van der Waals surface area contributed by atoms with Crippen molar-refractivity contribution in [2.45, 2.75) is 12.8 Å². The molecule has 4 heterocycles. The van der Waals surface area contributed by atoms with E-state index in [9.17, 15) is 9.18 Å². The van der Waals surface area contributed by atoms with E-state index in [0.717, 1.165) is 11.0 Å². The minimum absolute atomic E-state index is 0.00338. The van der Waals surface area contributed by atoms with Gasteiger partial charge in [-0.1, -0.05) is 6.07 Å². The molecule has 0 radical (unpaired) electrons. The highest BCUT2D eigenvalue weighted by Crippen LogP contribution is 2.31. The number of Topliss-reactive ketones (excluding diaryl/α,β-unsaturated/α-hetero) is 1. The lowest BCUT2D eigenvalue weighted by atomic mass is 10.1. The van der Waals surface area contributed by atoms with Crippen molar-refractivity contribution < 1.29 is 13.6 Å². The number of imidazole rings is 1. The number of benzene rings is 1. The van der Waals surface area contributed by atoms with E-state index in [1.54, 1.807) is 6.33 Å². The maximum Gasteiger partial charge on any atom is 0.247 e. The fourth-order valence-corrected chi connectivity index (χ4v) is 3.38. The van der Waals surface area contributed by atoms with Crippen molar-refractivity contribution in [1.29, 1.82) is 0 Å². The second-order valence-corrected chi connectivity index (χ2v) is 6.98. The van der Waals surface area contributed by atoms with Gasteiger partial charge in [-0.05, 0) is 30.7 Å². The van der Waals surface area contributed by atoms with E-state index in [0.29, 0.717) is 17.0 Å². The zero-order chi connectivity index (χ0) is 22.1. The summed E-state index contributed by atoms with van der Waals surface area (Å²) in [6.07, 6.45) is 6.05. The van der Waals surface area contributed by atoms with E-state index in [1.165, 1.54) is 30.8 Å². The van der Waals surface area contributed by atoms with Crippen LogP contribution < -0.4 is 5.73 Å². The predicted molar refractivity (Wildman–Crippen MR) is 114 cm³/mol. The molecule has 4 aromatic heterocycles. The first-order valence-electron chi connectivity index (χ1n) is 9.73. The van der Waals surface area contributed by atoms with Crippen molar-refractivity contribution in [3.8, 4) is 22.8 Å². The van der Waals surface area contributed by atoms with Crippen molar-refractivity contribution in [2.24, 2.45) is 0 Å². The number of nitrogen functional groups attached to an aromatic ring is 1. The van der Waals surface area contributed by atoms with Crippen LogP contribution in [0.2, 0.25) is 0 Å². The van der Waals surface area contributed by atoms with Crippen LogP contribution in [-0.2, 0) is 6.42 Å². The monoisotopic (exact) mass is 429 g/mol. The van der Waals surface area contributed by atoms with Crippen molar-refractivity contribution >= 4 is 22.6 Å². The lowest BCUT2D eigenvalue weighted by molar-refractivity contribution is 0.0978. The SMILES string of the molecule is Nc1nc(-c2ncco2)c(-c2ccc3nc[nH]c3c2)nc1C(=O)CCc1ncccc1F. The molecule has 5 rings (SSSR count). The number of aromatic nitrogens is 6. The molecule has 10 heteroatoms. The second kappa shape index (κ2) is 7.99. The van der Waals surface area contributed by atoms with Crippen LogP contribution in [0.3, 0.4) is 0 Å². The van der Waals surface area contributed by atoms with Crippen LogP contribution >= 0.6 is 0 Å². The average molecular weight is 429 g/mol. The van der Waals surface area contributed by atoms with Crippen LogP contribution in [0.4, 0.5) is 10.2 Å². The molecule has 0 saturated carbocycles. The topological polar surface area (TPSA) is 136 Å². The van der Waals surface area contributed by atoms with Gasteiger partial charge in [0.2, 0.25) is 5.89 Å². The molecule has 9 nitrogen and oxygen atoms in total. The number of aromatic amines is 1. The molecule has 0 aliphatic rings. The Hall–Kier alpha value is -4.47. The van der Waals surface area contributed by atoms with E-state index in [-0.39, 0.29) is 41.7 Å². The first-order valence-corrected chi connectivity index (χ1v) is 9.73. The Morgan fingerprint density at radius 2 is 2.00 bits per heavy atom. The van der Waals surface area contributed by atoms with Gasteiger partial charge in [-0.15, -0.1) is 0 Å². The van der Waals surface area contributed by atoms with Crippen molar-refractivity contribution in [2.75, 3.05) is 5.73 Å². The Labute approximate surface area is 180 Å². The fourth-order valence-electron chi connectivity index (χ4n) is 3.38. The maximum atomic E-state index is 13.9.